The molecule has 2 aromatic rings. The summed E-state index contributed by atoms with van der Waals surface area (Å²) in [5.74, 6) is -1.65. The molecule has 0 saturated heterocycles. The van der Waals surface area contributed by atoms with Crippen molar-refractivity contribution in [1.82, 2.24) is 10.1 Å². The number of nitrogens with one attached hydrogen (secondary N) is 1. The van der Waals surface area contributed by atoms with Crippen LogP contribution in [0.2, 0.25) is 0 Å². The lowest BCUT2D eigenvalue weighted by molar-refractivity contribution is -0.159. The molecular weight excluding hydrogens is 299 g/mol. The molecule has 22 heavy (non-hydrogen) atoms. The highest BCUT2D eigenvalue weighted by Gasteiger charge is 2.38. The summed E-state index contributed by atoms with van der Waals surface area (Å²) >= 11 is 0. The Morgan fingerprint density at radius 3 is 2.77 bits per heavy atom. The molecule has 0 aliphatic rings. The van der Waals surface area contributed by atoms with Crippen LogP contribution in [0.25, 0.3) is 0 Å². The minimum absolute atomic E-state index is 0.0596. The largest absolute Gasteiger partial charge is 0.471 e. The van der Waals surface area contributed by atoms with Gasteiger partial charge in [0.1, 0.15) is 0 Å². The summed E-state index contributed by atoms with van der Waals surface area (Å²) < 4.78 is 40.9. The number of hydrogen-bond donors (Lipinski definition) is 1. The van der Waals surface area contributed by atoms with Gasteiger partial charge in [0, 0.05) is 18.5 Å². The van der Waals surface area contributed by atoms with Crippen molar-refractivity contribution in [3.8, 4) is 0 Å². The second-order valence-corrected chi connectivity index (χ2v) is 4.78. The first kappa shape index (κ1) is 16.0. The normalized spacial score (nSPS) is 11.5. The lowest BCUT2D eigenvalue weighted by Crippen LogP contribution is -2.11. The van der Waals surface area contributed by atoms with Gasteiger partial charge in [0.25, 0.3) is 0 Å². The van der Waals surface area contributed by atoms with Crippen molar-refractivity contribution in [1.29, 1.82) is 0 Å². The van der Waals surface area contributed by atoms with E-state index >= 15 is 0 Å². The van der Waals surface area contributed by atoms with Gasteiger partial charge in [-0.05, 0) is 31.0 Å². The number of hydrogen-bond acceptors (Lipinski definition) is 4. The van der Waals surface area contributed by atoms with Crippen LogP contribution < -0.4 is 5.32 Å². The molecule has 0 aliphatic carbocycles. The topological polar surface area (TPSA) is 68.0 Å². The van der Waals surface area contributed by atoms with Crippen LogP contribution in [-0.4, -0.2) is 16.0 Å². The van der Waals surface area contributed by atoms with Crippen LogP contribution in [0.15, 0.2) is 28.8 Å². The molecule has 0 fully saturated rings. The number of alkyl halides is 3. The van der Waals surface area contributed by atoms with E-state index in [4.69, 9.17) is 0 Å². The maximum absolute atomic E-state index is 12.3. The summed E-state index contributed by atoms with van der Waals surface area (Å²) in [6.45, 7) is 1.91. The number of anilines is 1. The number of carbonyl (C=O) groups excluding carboxylic acids is 1. The zero-order valence-electron chi connectivity index (χ0n) is 11.8. The average Bonchev–Trinajstić information content (AvgIpc) is 2.87. The number of benzene rings is 1. The number of carbonyl (C=O) groups is 1. The molecule has 5 nitrogen and oxygen atoms in total. The van der Waals surface area contributed by atoms with Gasteiger partial charge < -0.3 is 9.84 Å². The molecule has 0 bridgehead atoms. The van der Waals surface area contributed by atoms with Crippen LogP contribution in [0.1, 0.15) is 30.1 Å². The number of aryl methyl sites for hydroxylation is 2. The zero-order valence-corrected chi connectivity index (χ0v) is 11.8. The fourth-order valence-electron chi connectivity index (χ4n) is 1.82. The van der Waals surface area contributed by atoms with E-state index in [0.717, 1.165) is 5.56 Å². The first-order chi connectivity index (χ1) is 10.3. The van der Waals surface area contributed by atoms with Gasteiger partial charge in [-0.25, -0.2) is 0 Å². The quantitative estimate of drug-likeness (QED) is 0.919. The monoisotopic (exact) mass is 313 g/mol. The molecule has 1 aromatic heterocycles. The van der Waals surface area contributed by atoms with E-state index in [9.17, 15) is 18.0 Å². The number of halogens is 3. The van der Waals surface area contributed by atoms with Crippen molar-refractivity contribution in [2.24, 2.45) is 0 Å². The summed E-state index contributed by atoms with van der Waals surface area (Å²) in [4.78, 5) is 15.0. The van der Waals surface area contributed by atoms with Gasteiger partial charge in [-0.2, -0.15) is 18.2 Å². The Morgan fingerprint density at radius 1 is 1.36 bits per heavy atom. The van der Waals surface area contributed by atoms with Crippen molar-refractivity contribution in [3.63, 3.8) is 0 Å². The average molecular weight is 313 g/mol. The summed E-state index contributed by atoms with van der Waals surface area (Å²) in [5.41, 5.74) is 1.70. The smallest absolute Gasteiger partial charge is 0.329 e. The van der Waals surface area contributed by atoms with E-state index in [1.807, 2.05) is 25.1 Å². The SMILES string of the molecule is Cc1cccc(NC(=O)CCCc2noc(C(F)(F)F)n2)c1. The lowest BCUT2D eigenvalue weighted by Gasteiger charge is -2.05. The van der Waals surface area contributed by atoms with Crippen LogP contribution in [0.4, 0.5) is 18.9 Å². The Labute approximate surface area is 124 Å². The van der Waals surface area contributed by atoms with Crippen molar-refractivity contribution in [2.75, 3.05) is 5.32 Å². The van der Waals surface area contributed by atoms with Gasteiger partial charge in [-0.15, -0.1) is 0 Å². The minimum Gasteiger partial charge on any atom is -0.329 e. The van der Waals surface area contributed by atoms with Crippen LogP contribution in [0.5, 0.6) is 0 Å². The first-order valence-corrected chi connectivity index (χ1v) is 6.61. The molecule has 8 heteroatoms. The summed E-state index contributed by atoms with van der Waals surface area (Å²) in [6.07, 6.45) is -4.02. The summed E-state index contributed by atoms with van der Waals surface area (Å²) in [5, 5.41) is 5.95. The van der Waals surface area contributed by atoms with Crippen LogP contribution >= 0.6 is 0 Å². The Bertz CT molecular complexity index is 653. The first-order valence-electron chi connectivity index (χ1n) is 6.61. The van der Waals surface area contributed by atoms with Crippen molar-refractivity contribution in [2.45, 2.75) is 32.4 Å². The maximum Gasteiger partial charge on any atom is 0.471 e. The Balaban J connectivity index is 1.79. The molecular formula is C14H14F3N3O2. The lowest BCUT2D eigenvalue weighted by atomic mass is 10.2. The second-order valence-electron chi connectivity index (χ2n) is 4.78. The highest BCUT2D eigenvalue weighted by molar-refractivity contribution is 5.90. The molecule has 0 radical (unpaired) electrons. The fourth-order valence-corrected chi connectivity index (χ4v) is 1.82. The number of nitrogens with zero attached hydrogens (tertiary/aromatic N) is 2. The molecule has 1 heterocycles. The predicted molar refractivity (Wildman–Crippen MR) is 72.0 cm³/mol. The number of rotatable bonds is 5. The van der Waals surface area contributed by atoms with Gasteiger partial charge >= 0.3 is 12.1 Å². The summed E-state index contributed by atoms with van der Waals surface area (Å²) in [6, 6.07) is 7.32. The highest BCUT2D eigenvalue weighted by Crippen LogP contribution is 2.27. The van der Waals surface area contributed by atoms with Crippen molar-refractivity contribution < 1.29 is 22.5 Å². The molecule has 1 amide bonds. The van der Waals surface area contributed by atoms with Crippen LogP contribution in [0.3, 0.4) is 0 Å². The molecule has 0 atom stereocenters. The predicted octanol–water partition coefficient (Wildman–Crippen LogP) is 3.36. The number of aromatic nitrogens is 2. The fraction of sp³-hybridized carbons (Fsp3) is 0.357. The summed E-state index contributed by atoms with van der Waals surface area (Å²) in [7, 11) is 0. The van der Waals surface area contributed by atoms with Crippen molar-refractivity contribution in [3.05, 3.63) is 41.5 Å². The van der Waals surface area contributed by atoms with Crippen LogP contribution in [0, 0.1) is 6.92 Å². The zero-order chi connectivity index (χ0) is 16.2. The Morgan fingerprint density at radius 2 is 2.14 bits per heavy atom. The molecule has 2 rings (SSSR count). The van der Waals surface area contributed by atoms with Crippen molar-refractivity contribution >= 4 is 11.6 Å². The van der Waals surface area contributed by atoms with Gasteiger partial charge in [0.2, 0.25) is 5.91 Å². The molecule has 0 saturated carbocycles. The van der Waals surface area contributed by atoms with Gasteiger partial charge in [-0.3, -0.25) is 4.79 Å². The third-order valence-corrected chi connectivity index (χ3v) is 2.82. The van der Waals surface area contributed by atoms with Gasteiger partial charge in [-0.1, -0.05) is 17.3 Å². The van der Waals surface area contributed by atoms with E-state index in [1.165, 1.54) is 0 Å². The van der Waals surface area contributed by atoms with E-state index in [-0.39, 0.29) is 24.6 Å². The van der Waals surface area contributed by atoms with E-state index in [1.54, 1.807) is 6.07 Å². The Kier molecular flexibility index (Phi) is 4.79. The molecule has 0 aliphatic heterocycles. The molecule has 118 valence electrons. The van der Waals surface area contributed by atoms with E-state index in [0.29, 0.717) is 12.1 Å². The van der Waals surface area contributed by atoms with E-state index in [2.05, 4.69) is 20.0 Å². The molecule has 0 unspecified atom stereocenters. The minimum atomic E-state index is -4.65. The maximum atomic E-state index is 12.3. The molecule has 0 spiro atoms. The van der Waals surface area contributed by atoms with Crippen LogP contribution in [-0.2, 0) is 17.4 Å². The molecule has 1 N–H and O–H groups in total. The highest BCUT2D eigenvalue weighted by atomic mass is 19.4. The third-order valence-electron chi connectivity index (χ3n) is 2.82. The number of amides is 1. The van der Waals surface area contributed by atoms with Gasteiger partial charge in [0.05, 0.1) is 0 Å². The van der Waals surface area contributed by atoms with Gasteiger partial charge in [0.15, 0.2) is 5.82 Å². The third kappa shape index (κ3) is 4.57. The van der Waals surface area contributed by atoms with E-state index < -0.39 is 12.1 Å². The second kappa shape index (κ2) is 6.59. The Hall–Kier alpha value is -2.38. The molecule has 1 aromatic carbocycles. The standard InChI is InChI=1S/C14H14F3N3O2/c1-9-4-2-5-10(8-9)18-12(21)7-3-6-11-19-13(22-20-11)14(15,16)17/h2,4-5,8H,3,6-7H2,1H3,(H,18,21).